The first-order valence-electron chi connectivity index (χ1n) is 6.96. The molecule has 1 aliphatic rings. The summed E-state index contributed by atoms with van der Waals surface area (Å²) in [5.41, 5.74) is 14.5. The number of carbonyl (C=O) groups is 1. The Morgan fingerprint density at radius 1 is 1.37 bits per heavy atom. The third kappa shape index (κ3) is 3.26. The van der Waals surface area contributed by atoms with Crippen LogP contribution in [-0.4, -0.2) is 18.5 Å². The minimum Gasteiger partial charge on any atom is -0.368 e. The Labute approximate surface area is 114 Å². The number of amides is 1. The van der Waals surface area contributed by atoms with Gasteiger partial charge in [0, 0.05) is 18.3 Å². The number of carbonyl (C=O) groups excluding carboxylic acids is 1. The van der Waals surface area contributed by atoms with Gasteiger partial charge >= 0.3 is 0 Å². The highest BCUT2D eigenvalue weighted by atomic mass is 16.1. The van der Waals surface area contributed by atoms with E-state index in [0.717, 1.165) is 24.1 Å². The van der Waals surface area contributed by atoms with Crippen LogP contribution < -0.4 is 16.4 Å². The molecule has 2 rings (SSSR count). The van der Waals surface area contributed by atoms with Crippen molar-refractivity contribution in [3.8, 4) is 0 Å². The van der Waals surface area contributed by atoms with Gasteiger partial charge < -0.3 is 16.4 Å². The summed E-state index contributed by atoms with van der Waals surface area (Å²) in [6.07, 6.45) is 4.76. The Hall–Kier alpha value is -1.55. The molecular weight excluding hydrogens is 238 g/mol. The summed E-state index contributed by atoms with van der Waals surface area (Å²) in [5, 5.41) is 0. The van der Waals surface area contributed by atoms with E-state index in [-0.39, 0.29) is 5.91 Å². The molecule has 104 valence electrons. The largest absolute Gasteiger partial charge is 0.368 e. The molecule has 0 heterocycles. The lowest BCUT2D eigenvalue weighted by molar-refractivity contribution is -0.116. The zero-order chi connectivity index (χ0) is 13.8. The van der Waals surface area contributed by atoms with E-state index in [1.165, 1.54) is 18.4 Å². The highest BCUT2D eigenvalue weighted by molar-refractivity contribution is 5.79. The van der Waals surface area contributed by atoms with Crippen LogP contribution in [0.5, 0.6) is 0 Å². The van der Waals surface area contributed by atoms with Crippen LogP contribution in [0.1, 0.15) is 36.8 Å². The van der Waals surface area contributed by atoms with Gasteiger partial charge in [0.15, 0.2) is 0 Å². The lowest BCUT2D eigenvalue weighted by Gasteiger charge is -2.30. The number of hydrogen-bond donors (Lipinski definition) is 2. The summed E-state index contributed by atoms with van der Waals surface area (Å²) in [7, 11) is 0. The first kappa shape index (κ1) is 13.9. The van der Waals surface area contributed by atoms with Gasteiger partial charge in [0.1, 0.15) is 0 Å². The number of aryl methyl sites for hydroxylation is 1. The molecule has 0 unspecified atom stereocenters. The van der Waals surface area contributed by atoms with Crippen molar-refractivity contribution < 1.29 is 4.79 Å². The summed E-state index contributed by atoms with van der Waals surface area (Å²) in [6, 6.07) is 6.66. The van der Waals surface area contributed by atoms with Crippen molar-refractivity contribution in [2.75, 3.05) is 11.4 Å². The van der Waals surface area contributed by atoms with Gasteiger partial charge in [0.2, 0.25) is 5.91 Å². The molecular formula is C15H23N3O. The zero-order valence-electron chi connectivity index (χ0n) is 11.6. The van der Waals surface area contributed by atoms with Gasteiger partial charge in [-0.3, -0.25) is 4.79 Å². The van der Waals surface area contributed by atoms with E-state index < -0.39 is 0 Å². The molecule has 4 nitrogen and oxygen atoms in total. The smallest absolute Gasteiger partial charge is 0.236 e. The Kier molecular flexibility index (Phi) is 4.43. The van der Waals surface area contributed by atoms with Gasteiger partial charge in [-0.2, -0.15) is 0 Å². The Morgan fingerprint density at radius 3 is 2.58 bits per heavy atom. The SMILES string of the molecule is Cc1cc(N(CC(N)=O)C2CCCC2)ccc1CN. The predicted octanol–water partition coefficient (Wildman–Crippen LogP) is 1.69. The lowest BCUT2D eigenvalue weighted by Crippen LogP contribution is -2.40. The second-order valence-electron chi connectivity index (χ2n) is 5.35. The van der Waals surface area contributed by atoms with Gasteiger partial charge in [0.25, 0.3) is 0 Å². The van der Waals surface area contributed by atoms with E-state index in [1.54, 1.807) is 0 Å². The molecule has 0 aromatic heterocycles. The molecule has 0 spiro atoms. The molecule has 19 heavy (non-hydrogen) atoms. The second-order valence-corrected chi connectivity index (χ2v) is 5.35. The van der Waals surface area contributed by atoms with Gasteiger partial charge in [-0.05, 0) is 43.0 Å². The van der Waals surface area contributed by atoms with Crippen molar-refractivity contribution in [1.82, 2.24) is 0 Å². The van der Waals surface area contributed by atoms with E-state index in [4.69, 9.17) is 11.5 Å². The van der Waals surface area contributed by atoms with Gasteiger partial charge in [0.05, 0.1) is 6.54 Å². The van der Waals surface area contributed by atoms with Crippen molar-refractivity contribution in [2.24, 2.45) is 11.5 Å². The fraction of sp³-hybridized carbons (Fsp3) is 0.533. The van der Waals surface area contributed by atoms with Crippen LogP contribution in [0, 0.1) is 6.92 Å². The number of hydrogen-bond acceptors (Lipinski definition) is 3. The summed E-state index contributed by atoms with van der Waals surface area (Å²) < 4.78 is 0. The van der Waals surface area contributed by atoms with Gasteiger partial charge in [-0.1, -0.05) is 18.9 Å². The number of nitrogens with two attached hydrogens (primary N) is 2. The third-order valence-corrected chi connectivity index (χ3v) is 3.97. The zero-order valence-corrected chi connectivity index (χ0v) is 11.6. The van der Waals surface area contributed by atoms with Crippen molar-refractivity contribution in [3.05, 3.63) is 29.3 Å². The molecule has 1 aromatic carbocycles. The third-order valence-electron chi connectivity index (χ3n) is 3.97. The standard InChI is InChI=1S/C15H23N3O/c1-11-8-14(7-6-12(11)9-16)18(10-15(17)19)13-4-2-3-5-13/h6-8,13H,2-5,9-10,16H2,1H3,(H2,17,19). The van der Waals surface area contributed by atoms with Crippen LogP contribution in [0.2, 0.25) is 0 Å². The van der Waals surface area contributed by atoms with Gasteiger partial charge in [-0.25, -0.2) is 0 Å². The summed E-state index contributed by atoms with van der Waals surface area (Å²) in [4.78, 5) is 13.5. The number of anilines is 1. The van der Waals surface area contributed by atoms with Crippen molar-refractivity contribution in [2.45, 2.75) is 45.2 Å². The first-order valence-corrected chi connectivity index (χ1v) is 6.96. The van der Waals surface area contributed by atoms with Crippen molar-refractivity contribution in [3.63, 3.8) is 0 Å². The number of primary amides is 1. The maximum atomic E-state index is 11.3. The molecule has 0 atom stereocenters. The van der Waals surface area contributed by atoms with Crippen LogP contribution >= 0.6 is 0 Å². The monoisotopic (exact) mass is 261 g/mol. The molecule has 0 aliphatic heterocycles. The molecule has 0 bridgehead atoms. The number of benzene rings is 1. The maximum Gasteiger partial charge on any atom is 0.236 e. The molecule has 4 N–H and O–H groups in total. The Morgan fingerprint density at radius 2 is 2.05 bits per heavy atom. The van der Waals surface area contributed by atoms with E-state index >= 15 is 0 Å². The summed E-state index contributed by atoms with van der Waals surface area (Å²) in [5.74, 6) is -0.271. The molecule has 1 fully saturated rings. The van der Waals surface area contributed by atoms with Crippen LogP contribution in [0.3, 0.4) is 0 Å². The number of nitrogens with zero attached hydrogens (tertiary/aromatic N) is 1. The molecule has 0 radical (unpaired) electrons. The second kappa shape index (κ2) is 6.06. The minimum absolute atomic E-state index is 0.271. The Balaban J connectivity index is 2.26. The topological polar surface area (TPSA) is 72.3 Å². The molecule has 4 heteroatoms. The van der Waals surface area contributed by atoms with Crippen molar-refractivity contribution in [1.29, 1.82) is 0 Å². The van der Waals surface area contributed by atoms with E-state index in [2.05, 4.69) is 24.0 Å². The highest BCUT2D eigenvalue weighted by Crippen LogP contribution is 2.29. The Bertz CT molecular complexity index is 453. The fourth-order valence-electron chi connectivity index (χ4n) is 2.90. The molecule has 1 aromatic rings. The summed E-state index contributed by atoms with van der Waals surface area (Å²) in [6.45, 7) is 2.90. The first-order chi connectivity index (χ1) is 9.11. The minimum atomic E-state index is -0.271. The van der Waals surface area contributed by atoms with E-state index in [9.17, 15) is 4.79 Å². The summed E-state index contributed by atoms with van der Waals surface area (Å²) >= 11 is 0. The highest BCUT2D eigenvalue weighted by Gasteiger charge is 2.24. The van der Waals surface area contributed by atoms with Crippen LogP contribution in [0.4, 0.5) is 5.69 Å². The van der Waals surface area contributed by atoms with Crippen LogP contribution in [0.15, 0.2) is 18.2 Å². The van der Waals surface area contributed by atoms with E-state index in [1.807, 2.05) is 6.07 Å². The average molecular weight is 261 g/mol. The van der Waals surface area contributed by atoms with Crippen LogP contribution in [-0.2, 0) is 11.3 Å². The van der Waals surface area contributed by atoms with E-state index in [0.29, 0.717) is 19.1 Å². The van der Waals surface area contributed by atoms with Gasteiger partial charge in [-0.15, -0.1) is 0 Å². The quantitative estimate of drug-likeness (QED) is 0.847. The lowest BCUT2D eigenvalue weighted by atomic mass is 10.1. The number of rotatable bonds is 5. The molecule has 0 saturated heterocycles. The maximum absolute atomic E-state index is 11.3. The van der Waals surface area contributed by atoms with Crippen LogP contribution in [0.25, 0.3) is 0 Å². The average Bonchev–Trinajstić information content (AvgIpc) is 2.89. The fourth-order valence-corrected chi connectivity index (χ4v) is 2.90. The molecule has 1 aliphatic carbocycles. The normalized spacial score (nSPS) is 15.7. The molecule has 1 amide bonds. The predicted molar refractivity (Wildman–Crippen MR) is 77.9 cm³/mol. The molecule has 1 saturated carbocycles. The van der Waals surface area contributed by atoms with Crippen molar-refractivity contribution >= 4 is 11.6 Å².